The van der Waals surface area contributed by atoms with E-state index in [-0.39, 0.29) is 12.4 Å². The van der Waals surface area contributed by atoms with Gasteiger partial charge in [0.15, 0.2) is 6.61 Å². The zero-order chi connectivity index (χ0) is 16.7. The molecule has 0 aliphatic rings. The van der Waals surface area contributed by atoms with Crippen LogP contribution in [0.2, 0.25) is 5.02 Å². The molecule has 0 aliphatic carbocycles. The lowest BCUT2D eigenvalue weighted by Crippen LogP contribution is -2.16. The predicted molar refractivity (Wildman–Crippen MR) is 86.6 cm³/mol. The molecule has 23 heavy (non-hydrogen) atoms. The van der Waals surface area contributed by atoms with Gasteiger partial charge in [0.1, 0.15) is 11.6 Å². The Kier molecular flexibility index (Phi) is 5.94. The van der Waals surface area contributed by atoms with E-state index in [9.17, 15) is 9.18 Å². The minimum absolute atomic E-state index is 0.282. The van der Waals surface area contributed by atoms with Crippen LogP contribution in [0, 0.1) is 5.82 Å². The van der Waals surface area contributed by atoms with E-state index in [0.29, 0.717) is 22.0 Å². The van der Waals surface area contributed by atoms with Crippen LogP contribution in [-0.2, 0) is 9.63 Å². The van der Waals surface area contributed by atoms with E-state index >= 15 is 0 Å². The van der Waals surface area contributed by atoms with Crippen molar-refractivity contribution in [2.24, 2.45) is 5.16 Å². The van der Waals surface area contributed by atoms with Crippen LogP contribution in [0.15, 0.2) is 47.6 Å². The maximum absolute atomic E-state index is 12.9. The van der Waals surface area contributed by atoms with Gasteiger partial charge in [-0.3, -0.25) is 4.79 Å². The number of carbonyl (C=O) groups excluding carboxylic acids is 1. The topological polar surface area (TPSA) is 59.9 Å². The number of hydrogen-bond donors (Lipinski definition) is 1. The lowest BCUT2D eigenvalue weighted by atomic mass is 10.2. The summed E-state index contributed by atoms with van der Waals surface area (Å²) >= 11 is 5.96. The number of methoxy groups -OCH3 is 1. The fourth-order valence-electron chi connectivity index (χ4n) is 1.72. The fraction of sp³-hybridized carbons (Fsp3) is 0.125. The van der Waals surface area contributed by atoms with Crippen LogP contribution >= 0.6 is 11.6 Å². The van der Waals surface area contributed by atoms with Gasteiger partial charge in [-0.2, -0.15) is 0 Å². The standard InChI is InChI=1S/C16H14ClFN2O3/c1-22-15-6-5-13(8-14(15)17)20-16(21)10-23-19-9-11-3-2-4-12(18)7-11/h2-9H,10H2,1H3,(H,20,21)/b19-9-. The number of carbonyl (C=O) groups is 1. The zero-order valence-electron chi connectivity index (χ0n) is 12.3. The van der Waals surface area contributed by atoms with Crippen molar-refractivity contribution < 1.29 is 18.8 Å². The van der Waals surface area contributed by atoms with Gasteiger partial charge in [0.2, 0.25) is 0 Å². The summed E-state index contributed by atoms with van der Waals surface area (Å²) in [5.41, 5.74) is 1.05. The normalized spacial score (nSPS) is 10.6. The molecule has 7 heteroatoms. The number of halogens is 2. The highest BCUT2D eigenvalue weighted by atomic mass is 35.5. The van der Waals surface area contributed by atoms with Crippen LogP contribution in [0.4, 0.5) is 10.1 Å². The second-order valence-electron chi connectivity index (χ2n) is 4.46. The highest BCUT2D eigenvalue weighted by Gasteiger charge is 2.06. The van der Waals surface area contributed by atoms with Crippen LogP contribution in [-0.4, -0.2) is 25.8 Å². The molecule has 0 unspecified atom stereocenters. The summed E-state index contributed by atoms with van der Waals surface area (Å²) in [5, 5.41) is 6.60. The summed E-state index contributed by atoms with van der Waals surface area (Å²) in [6.45, 7) is -0.282. The Morgan fingerprint density at radius 2 is 2.17 bits per heavy atom. The van der Waals surface area contributed by atoms with Crippen LogP contribution in [0.1, 0.15) is 5.56 Å². The SMILES string of the molecule is COc1ccc(NC(=O)CO/N=C\c2cccc(F)c2)cc1Cl. The molecule has 0 bridgehead atoms. The second kappa shape index (κ2) is 8.14. The molecule has 0 atom stereocenters. The first-order valence-electron chi connectivity index (χ1n) is 6.63. The van der Waals surface area contributed by atoms with E-state index < -0.39 is 5.91 Å². The third kappa shape index (κ3) is 5.27. The second-order valence-corrected chi connectivity index (χ2v) is 4.87. The first-order valence-corrected chi connectivity index (χ1v) is 7.00. The lowest BCUT2D eigenvalue weighted by molar-refractivity contribution is -0.120. The molecule has 0 saturated heterocycles. The predicted octanol–water partition coefficient (Wildman–Crippen LogP) is 3.48. The third-order valence-corrected chi connectivity index (χ3v) is 3.05. The Hall–Kier alpha value is -2.60. The number of benzene rings is 2. The van der Waals surface area contributed by atoms with Crippen molar-refractivity contribution >= 4 is 29.4 Å². The molecule has 0 fully saturated rings. The molecule has 0 saturated carbocycles. The third-order valence-electron chi connectivity index (χ3n) is 2.76. The summed E-state index contributed by atoms with van der Waals surface area (Å²) in [6.07, 6.45) is 1.32. The molecule has 1 amide bonds. The van der Waals surface area contributed by atoms with E-state index in [1.54, 1.807) is 30.3 Å². The number of ether oxygens (including phenoxy) is 1. The molecular weight excluding hydrogens is 323 g/mol. The number of oxime groups is 1. The highest BCUT2D eigenvalue weighted by molar-refractivity contribution is 6.32. The summed E-state index contributed by atoms with van der Waals surface area (Å²) < 4.78 is 18.0. The lowest BCUT2D eigenvalue weighted by Gasteiger charge is -2.07. The van der Waals surface area contributed by atoms with Gasteiger partial charge in [-0.1, -0.05) is 28.9 Å². The molecule has 120 valence electrons. The van der Waals surface area contributed by atoms with Crippen LogP contribution in [0.25, 0.3) is 0 Å². The average Bonchev–Trinajstić information content (AvgIpc) is 2.52. The van der Waals surface area contributed by atoms with E-state index in [1.807, 2.05) is 0 Å². The summed E-state index contributed by atoms with van der Waals surface area (Å²) in [5.74, 6) is -0.258. The minimum atomic E-state index is -0.400. The Balaban J connectivity index is 1.82. The van der Waals surface area contributed by atoms with Gasteiger partial charge in [0, 0.05) is 5.69 Å². The van der Waals surface area contributed by atoms with Crippen molar-refractivity contribution in [2.45, 2.75) is 0 Å². The molecule has 0 aliphatic heterocycles. The smallest absolute Gasteiger partial charge is 0.265 e. The quantitative estimate of drug-likeness (QED) is 0.649. The number of nitrogens with zero attached hydrogens (tertiary/aromatic N) is 1. The Bertz CT molecular complexity index is 722. The van der Waals surface area contributed by atoms with Crippen LogP contribution in [0.5, 0.6) is 5.75 Å². The van der Waals surface area contributed by atoms with Crippen molar-refractivity contribution in [3.05, 3.63) is 58.9 Å². The van der Waals surface area contributed by atoms with E-state index in [1.165, 1.54) is 25.5 Å². The molecule has 1 N–H and O–H groups in total. The van der Waals surface area contributed by atoms with E-state index in [2.05, 4.69) is 10.5 Å². The summed E-state index contributed by atoms with van der Waals surface area (Å²) in [4.78, 5) is 16.6. The first-order chi connectivity index (χ1) is 11.1. The van der Waals surface area contributed by atoms with Gasteiger partial charge in [0.25, 0.3) is 5.91 Å². The largest absolute Gasteiger partial charge is 0.495 e. The van der Waals surface area contributed by atoms with Gasteiger partial charge >= 0.3 is 0 Å². The molecule has 5 nitrogen and oxygen atoms in total. The molecule has 0 aromatic heterocycles. The Morgan fingerprint density at radius 3 is 2.87 bits per heavy atom. The molecule has 2 aromatic rings. The Labute approximate surface area is 137 Å². The average molecular weight is 337 g/mol. The van der Waals surface area contributed by atoms with Crippen molar-refractivity contribution in [3.63, 3.8) is 0 Å². The van der Waals surface area contributed by atoms with Gasteiger partial charge in [0.05, 0.1) is 18.3 Å². The molecule has 0 radical (unpaired) electrons. The van der Waals surface area contributed by atoms with Gasteiger partial charge < -0.3 is 14.9 Å². The molecule has 0 heterocycles. The maximum atomic E-state index is 12.9. The number of hydrogen-bond acceptors (Lipinski definition) is 4. The molecular formula is C16H14ClFN2O3. The van der Waals surface area contributed by atoms with Gasteiger partial charge in [-0.25, -0.2) is 4.39 Å². The number of rotatable bonds is 6. The number of anilines is 1. The van der Waals surface area contributed by atoms with E-state index in [0.717, 1.165) is 0 Å². The van der Waals surface area contributed by atoms with Crippen molar-refractivity contribution in [1.82, 2.24) is 0 Å². The number of nitrogens with one attached hydrogen (secondary N) is 1. The van der Waals surface area contributed by atoms with E-state index in [4.69, 9.17) is 21.2 Å². The van der Waals surface area contributed by atoms with Crippen LogP contribution < -0.4 is 10.1 Å². The fourth-order valence-corrected chi connectivity index (χ4v) is 1.98. The van der Waals surface area contributed by atoms with Crippen molar-refractivity contribution in [2.75, 3.05) is 19.0 Å². The monoisotopic (exact) mass is 336 g/mol. The minimum Gasteiger partial charge on any atom is -0.495 e. The zero-order valence-corrected chi connectivity index (χ0v) is 13.0. The van der Waals surface area contributed by atoms with Crippen LogP contribution in [0.3, 0.4) is 0 Å². The van der Waals surface area contributed by atoms with Crippen molar-refractivity contribution in [3.8, 4) is 5.75 Å². The maximum Gasteiger partial charge on any atom is 0.265 e. The Morgan fingerprint density at radius 1 is 1.35 bits per heavy atom. The summed E-state index contributed by atoms with van der Waals surface area (Å²) in [7, 11) is 1.50. The van der Waals surface area contributed by atoms with Gasteiger partial charge in [-0.05, 0) is 35.9 Å². The molecule has 0 spiro atoms. The molecule has 2 aromatic carbocycles. The van der Waals surface area contributed by atoms with Gasteiger partial charge in [-0.15, -0.1) is 0 Å². The number of amides is 1. The first kappa shape index (κ1) is 16.8. The van der Waals surface area contributed by atoms with Crippen molar-refractivity contribution in [1.29, 1.82) is 0 Å². The molecule has 2 rings (SSSR count). The summed E-state index contributed by atoms with van der Waals surface area (Å²) in [6, 6.07) is 10.7. The highest BCUT2D eigenvalue weighted by Crippen LogP contribution is 2.27.